The van der Waals surface area contributed by atoms with Crippen LogP contribution in [0.5, 0.6) is 0 Å². The molecular weight excluding hydrogens is 219 g/mol. The molecule has 1 aromatic heterocycles. The Hall–Kier alpha value is -1.00. The van der Waals surface area contributed by atoms with Crippen LogP contribution in [0.4, 0.5) is 4.39 Å². The van der Waals surface area contributed by atoms with Crippen molar-refractivity contribution in [1.29, 1.82) is 0 Å². The molecule has 0 radical (unpaired) electrons. The smallest absolute Gasteiger partial charge is 0.141 e. The minimum absolute atomic E-state index is 0.177. The number of aromatic nitrogens is 1. The van der Waals surface area contributed by atoms with Gasteiger partial charge in [0.1, 0.15) is 5.82 Å². The molecule has 3 nitrogen and oxygen atoms in total. The van der Waals surface area contributed by atoms with Crippen LogP contribution in [-0.2, 0) is 11.3 Å². The quantitative estimate of drug-likeness (QED) is 0.794. The predicted octanol–water partition coefficient (Wildman–Crippen LogP) is 2.37. The van der Waals surface area contributed by atoms with Crippen LogP contribution < -0.4 is 5.32 Å². The molecule has 0 atom stereocenters. The topological polar surface area (TPSA) is 34.1 Å². The van der Waals surface area contributed by atoms with Crippen molar-refractivity contribution in [2.75, 3.05) is 20.3 Å². The van der Waals surface area contributed by atoms with E-state index in [0.717, 1.165) is 25.1 Å². The fourth-order valence-corrected chi connectivity index (χ4v) is 1.56. The highest BCUT2D eigenvalue weighted by atomic mass is 19.1. The first-order valence-corrected chi connectivity index (χ1v) is 5.82. The molecule has 0 bridgehead atoms. The van der Waals surface area contributed by atoms with Crippen molar-refractivity contribution >= 4 is 0 Å². The first-order chi connectivity index (χ1) is 8.03. The lowest BCUT2D eigenvalue weighted by atomic mass is 9.89. The second kappa shape index (κ2) is 6.67. The largest absolute Gasteiger partial charge is 0.385 e. The van der Waals surface area contributed by atoms with E-state index in [1.54, 1.807) is 13.3 Å². The number of ether oxygens (including phenoxy) is 1. The van der Waals surface area contributed by atoms with Crippen molar-refractivity contribution in [1.82, 2.24) is 10.3 Å². The highest BCUT2D eigenvalue weighted by molar-refractivity contribution is 5.09. The summed E-state index contributed by atoms with van der Waals surface area (Å²) < 4.78 is 18.0. The summed E-state index contributed by atoms with van der Waals surface area (Å²) in [5.74, 6) is -0.289. The van der Waals surface area contributed by atoms with Gasteiger partial charge in [-0.05, 0) is 23.5 Å². The van der Waals surface area contributed by atoms with Crippen molar-refractivity contribution in [3.05, 3.63) is 29.8 Å². The third-order valence-electron chi connectivity index (χ3n) is 2.68. The maximum Gasteiger partial charge on any atom is 0.141 e. The molecule has 0 unspecified atom stereocenters. The lowest BCUT2D eigenvalue weighted by Crippen LogP contribution is -2.30. The predicted molar refractivity (Wildman–Crippen MR) is 66.2 cm³/mol. The molecule has 1 N–H and O–H groups in total. The molecule has 0 aromatic carbocycles. The summed E-state index contributed by atoms with van der Waals surface area (Å²) in [6.45, 7) is 6.63. The number of halogens is 1. The van der Waals surface area contributed by atoms with Gasteiger partial charge in [0.2, 0.25) is 0 Å². The van der Waals surface area contributed by atoms with Crippen LogP contribution >= 0.6 is 0 Å². The van der Waals surface area contributed by atoms with Crippen molar-refractivity contribution in [2.45, 2.75) is 26.8 Å². The summed E-state index contributed by atoms with van der Waals surface area (Å²) in [5.41, 5.74) is 1.05. The number of hydrogen-bond acceptors (Lipinski definition) is 3. The molecule has 0 spiro atoms. The van der Waals surface area contributed by atoms with Gasteiger partial charge in [-0.2, -0.15) is 0 Å². The second-order valence-corrected chi connectivity index (χ2v) is 5.02. The van der Waals surface area contributed by atoms with E-state index in [-0.39, 0.29) is 11.2 Å². The van der Waals surface area contributed by atoms with Gasteiger partial charge < -0.3 is 10.1 Å². The molecule has 17 heavy (non-hydrogen) atoms. The Bertz CT molecular complexity index is 342. The number of pyridine rings is 1. The third-order valence-corrected chi connectivity index (χ3v) is 2.68. The van der Waals surface area contributed by atoms with Crippen LogP contribution in [0.3, 0.4) is 0 Å². The lowest BCUT2D eigenvalue weighted by molar-refractivity contribution is 0.150. The van der Waals surface area contributed by atoms with Crippen molar-refractivity contribution in [2.24, 2.45) is 5.41 Å². The molecule has 0 saturated heterocycles. The zero-order chi connectivity index (χ0) is 12.7. The van der Waals surface area contributed by atoms with E-state index in [0.29, 0.717) is 6.54 Å². The van der Waals surface area contributed by atoms with Gasteiger partial charge >= 0.3 is 0 Å². The van der Waals surface area contributed by atoms with Crippen LogP contribution in [-0.4, -0.2) is 25.2 Å². The van der Waals surface area contributed by atoms with Gasteiger partial charge in [0.25, 0.3) is 0 Å². The molecular formula is C13H21FN2O. The van der Waals surface area contributed by atoms with Gasteiger partial charge in [-0.3, -0.25) is 4.98 Å². The number of methoxy groups -OCH3 is 1. The van der Waals surface area contributed by atoms with Gasteiger partial charge in [0.15, 0.2) is 0 Å². The zero-order valence-corrected chi connectivity index (χ0v) is 10.8. The average molecular weight is 240 g/mol. The van der Waals surface area contributed by atoms with Gasteiger partial charge in [-0.25, -0.2) is 4.39 Å². The fourth-order valence-electron chi connectivity index (χ4n) is 1.56. The van der Waals surface area contributed by atoms with E-state index in [2.05, 4.69) is 24.1 Å². The lowest BCUT2D eigenvalue weighted by Gasteiger charge is -2.24. The molecule has 4 heteroatoms. The minimum atomic E-state index is -0.289. The Labute approximate surface area is 102 Å². The summed E-state index contributed by atoms with van der Waals surface area (Å²) in [4.78, 5) is 3.81. The molecule has 0 amide bonds. The highest BCUT2D eigenvalue weighted by Crippen LogP contribution is 2.18. The van der Waals surface area contributed by atoms with Crippen molar-refractivity contribution in [3.8, 4) is 0 Å². The summed E-state index contributed by atoms with van der Waals surface area (Å²) in [6.07, 6.45) is 3.89. The second-order valence-electron chi connectivity index (χ2n) is 5.02. The Balaban J connectivity index is 2.32. The zero-order valence-electron chi connectivity index (χ0n) is 10.8. The normalized spacial score (nSPS) is 11.8. The van der Waals surface area contributed by atoms with E-state index in [1.807, 2.05) is 0 Å². The van der Waals surface area contributed by atoms with Crippen LogP contribution in [0.25, 0.3) is 0 Å². The maximum absolute atomic E-state index is 12.9. The SMILES string of the molecule is COCCC(C)(C)CNCc1cncc(F)c1. The van der Waals surface area contributed by atoms with Gasteiger partial charge in [-0.15, -0.1) is 0 Å². The summed E-state index contributed by atoms with van der Waals surface area (Å²) in [5, 5.41) is 3.32. The summed E-state index contributed by atoms with van der Waals surface area (Å²) in [7, 11) is 1.71. The molecule has 1 rings (SSSR count). The summed E-state index contributed by atoms with van der Waals surface area (Å²) in [6, 6.07) is 1.50. The molecule has 1 heterocycles. The minimum Gasteiger partial charge on any atom is -0.385 e. The standard InChI is InChI=1S/C13H21FN2O/c1-13(2,4-5-17-3)10-16-8-11-6-12(14)9-15-7-11/h6-7,9,16H,4-5,8,10H2,1-3H3. The molecule has 96 valence electrons. The van der Waals surface area contributed by atoms with E-state index >= 15 is 0 Å². The van der Waals surface area contributed by atoms with Gasteiger partial charge in [0.05, 0.1) is 6.20 Å². The fraction of sp³-hybridized carbons (Fsp3) is 0.615. The molecule has 0 saturated carbocycles. The van der Waals surface area contributed by atoms with E-state index in [9.17, 15) is 4.39 Å². The molecule has 0 aliphatic heterocycles. The van der Waals surface area contributed by atoms with Crippen LogP contribution in [0.1, 0.15) is 25.8 Å². The van der Waals surface area contributed by atoms with E-state index < -0.39 is 0 Å². The Morgan fingerprint density at radius 2 is 2.18 bits per heavy atom. The van der Waals surface area contributed by atoms with Crippen molar-refractivity contribution < 1.29 is 9.13 Å². The van der Waals surface area contributed by atoms with E-state index in [1.165, 1.54) is 12.3 Å². The monoisotopic (exact) mass is 240 g/mol. The average Bonchev–Trinajstić information content (AvgIpc) is 2.26. The van der Waals surface area contributed by atoms with Gasteiger partial charge in [0, 0.05) is 33.0 Å². The highest BCUT2D eigenvalue weighted by Gasteiger charge is 2.16. The number of hydrogen-bond donors (Lipinski definition) is 1. The third kappa shape index (κ3) is 5.75. The van der Waals surface area contributed by atoms with Crippen LogP contribution in [0.2, 0.25) is 0 Å². The van der Waals surface area contributed by atoms with Crippen molar-refractivity contribution in [3.63, 3.8) is 0 Å². The Morgan fingerprint density at radius 1 is 1.41 bits per heavy atom. The number of nitrogens with zero attached hydrogens (tertiary/aromatic N) is 1. The number of nitrogens with one attached hydrogen (secondary N) is 1. The Morgan fingerprint density at radius 3 is 2.82 bits per heavy atom. The van der Waals surface area contributed by atoms with E-state index in [4.69, 9.17) is 4.74 Å². The van der Waals surface area contributed by atoms with Gasteiger partial charge in [-0.1, -0.05) is 13.8 Å². The summed E-state index contributed by atoms with van der Waals surface area (Å²) >= 11 is 0. The maximum atomic E-state index is 12.9. The number of rotatable bonds is 7. The van der Waals surface area contributed by atoms with Crippen LogP contribution in [0, 0.1) is 11.2 Å². The molecule has 0 aliphatic carbocycles. The molecule has 0 aliphatic rings. The Kier molecular flexibility index (Phi) is 5.51. The molecule has 1 aromatic rings. The first-order valence-electron chi connectivity index (χ1n) is 5.82. The first kappa shape index (κ1) is 14.1. The molecule has 0 fully saturated rings. The van der Waals surface area contributed by atoms with Crippen LogP contribution in [0.15, 0.2) is 18.5 Å².